The van der Waals surface area contributed by atoms with E-state index in [2.05, 4.69) is 74.3 Å². The van der Waals surface area contributed by atoms with Gasteiger partial charge >= 0.3 is 0 Å². The summed E-state index contributed by atoms with van der Waals surface area (Å²) in [5.74, 6) is 1.59. The minimum Gasteiger partial charge on any atom is -0.469 e. The molecule has 0 radical (unpaired) electrons. The van der Waals surface area contributed by atoms with Crippen LogP contribution in [0.1, 0.15) is 49.4 Å². The molecular weight excluding hydrogens is 296 g/mol. The first-order valence-corrected chi connectivity index (χ1v) is 8.80. The van der Waals surface area contributed by atoms with E-state index in [-0.39, 0.29) is 12.3 Å². The van der Waals surface area contributed by atoms with E-state index in [9.17, 15) is 0 Å². The number of benzene rings is 2. The van der Waals surface area contributed by atoms with Gasteiger partial charge < -0.3 is 4.74 Å². The summed E-state index contributed by atoms with van der Waals surface area (Å²) in [7, 11) is 0. The SMILES string of the molecule is Cc1ccc(C2=NN3C(CC(C)C)Oc4ccccc4C3C2)cc1. The van der Waals surface area contributed by atoms with Gasteiger partial charge in [-0.15, -0.1) is 0 Å². The quantitative estimate of drug-likeness (QED) is 0.802. The molecule has 0 spiro atoms. The van der Waals surface area contributed by atoms with E-state index in [0.717, 1.165) is 24.3 Å². The Morgan fingerprint density at radius 3 is 2.62 bits per heavy atom. The molecule has 124 valence electrons. The largest absolute Gasteiger partial charge is 0.469 e. The highest BCUT2D eigenvalue weighted by atomic mass is 16.5. The maximum Gasteiger partial charge on any atom is 0.188 e. The zero-order valence-electron chi connectivity index (χ0n) is 14.6. The predicted molar refractivity (Wildman–Crippen MR) is 97.2 cm³/mol. The summed E-state index contributed by atoms with van der Waals surface area (Å²) in [6, 6.07) is 17.4. The van der Waals surface area contributed by atoms with Gasteiger partial charge in [0.2, 0.25) is 0 Å². The van der Waals surface area contributed by atoms with Gasteiger partial charge in [-0.25, -0.2) is 0 Å². The first kappa shape index (κ1) is 15.3. The molecule has 2 atom stereocenters. The molecule has 0 saturated heterocycles. The first-order valence-electron chi connectivity index (χ1n) is 8.80. The molecule has 3 heteroatoms. The van der Waals surface area contributed by atoms with Gasteiger partial charge in [-0.1, -0.05) is 61.9 Å². The Labute approximate surface area is 144 Å². The number of ether oxygens (including phenoxy) is 1. The highest BCUT2D eigenvalue weighted by Crippen LogP contribution is 2.43. The molecule has 0 amide bonds. The predicted octanol–water partition coefficient (Wildman–Crippen LogP) is 4.91. The normalized spacial score (nSPS) is 22.0. The summed E-state index contributed by atoms with van der Waals surface area (Å²) >= 11 is 0. The fourth-order valence-electron chi connectivity index (χ4n) is 3.59. The summed E-state index contributed by atoms with van der Waals surface area (Å²) in [6.07, 6.45) is 1.95. The van der Waals surface area contributed by atoms with Crippen LogP contribution in [0.2, 0.25) is 0 Å². The van der Waals surface area contributed by atoms with Gasteiger partial charge in [0.05, 0.1) is 11.8 Å². The second-order valence-corrected chi connectivity index (χ2v) is 7.25. The van der Waals surface area contributed by atoms with E-state index in [4.69, 9.17) is 9.84 Å². The zero-order valence-corrected chi connectivity index (χ0v) is 14.6. The van der Waals surface area contributed by atoms with Gasteiger partial charge in [0, 0.05) is 18.4 Å². The number of hydrogen-bond acceptors (Lipinski definition) is 3. The highest BCUT2D eigenvalue weighted by Gasteiger charge is 2.40. The molecule has 0 bridgehead atoms. The average molecular weight is 320 g/mol. The van der Waals surface area contributed by atoms with Crippen molar-refractivity contribution in [3.8, 4) is 5.75 Å². The van der Waals surface area contributed by atoms with Gasteiger partial charge in [-0.2, -0.15) is 5.10 Å². The van der Waals surface area contributed by atoms with Crippen LogP contribution in [0.3, 0.4) is 0 Å². The second kappa shape index (κ2) is 5.97. The Hall–Kier alpha value is -2.29. The van der Waals surface area contributed by atoms with Crippen LogP contribution in [0.15, 0.2) is 53.6 Å². The molecule has 2 aromatic rings. The third-order valence-electron chi connectivity index (χ3n) is 4.84. The fourth-order valence-corrected chi connectivity index (χ4v) is 3.59. The van der Waals surface area contributed by atoms with E-state index < -0.39 is 0 Å². The summed E-state index contributed by atoms with van der Waals surface area (Å²) < 4.78 is 6.28. The topological polar surface area (TPSA) is 24.8 Å². The molecule has 0 saturated carbocycles. The van der Waals surface area contributed by atoms with Crippen LogP contribution < -0.4 is 4.74 Å². The van der Waals surface area contributed by atoms with Crippen LogP contribution >= 0.6 is 0 Å². The van der Waals surface area contributed by atoms with Crippen molar-refractivity contribution in [2.75, 3.05) is 0 Å². The smallest absolute Gasteiger partial charge is 0.188 e. The number of rotatable bonds is 3. The molecule has 2 aromatic carbocycles. The van der Waals surface area contributed by atoms with E-state index in [1.54, 1.807) is 0 Å². The van der Waals surface area contributed by atoms with Gasteiger partial charge in [0.1, 0.15) is 5.75 Å². The van der Waals surface area contributed by atoms with Crippen LogP contribution in [-0.2, 0) is 0 Å². The number of fused-ring (bicyclic) bond motifs is 3. The third kappa shape index (κ3) is 2.68. The van der Waals surface area contributed by atoms with E-state index in [1.165, 1.54) is 16.7 Å². The van der Waals surface area contributed by atoms with E-state index in [0.29, 0.717) is 5.92 Å². The van der Waals surface area contributed by atoms with Gasteiger partial charge in [-0.05, 0) is 24.5 Å². The lowest BCUT2D eigenvalue weighted by atomic mass is 9.95. The molecule has 3 nitrogen and oxygen atoms in total. The van der Waals surface area contributed by atoms with Crippen molar-refractivity contribution in [2.45, 2.75) is 45.9 Å². The third-order valence-corrected chi connectivity index (χ3v) is 4.84. The van der Waals surface area contributed by atoms with Crippen LogP contribution in [-0.4, -0.2) is 16.9 Å². The van der Waals surface area contributed by atoms with Crippen molar-refractivity contribution >= 4 is 5.71 Å². The maximum absolute atomic E-state index is 6.28. The molecule has 0 aliphatic carbocycles. The standard InChI is InChI=1S/C21H24N2O/c1-14(2)12-21-23-19(17-6-4-5-7-20(17)24-21)13-18(22-23)16-10-8-15(3)9-11-16/h4-11,14,19,21H,12-13H2,1-3H3. The molecule has 4 rings (SSSR count). The summed E-state index contributed by atoms with van der Waals surface area (Å²) in [6.45, 7) is 6.59. The molecule has 24 heavy (non-hydrogen) atoms. The maximum atomic E-state index is 6.28. The molecule has 0 N–H and O–H groups in total. The van der Waals surface area contributed by atoms with E-state index >= 15 is 0 Å². The number of aryl methyl sites for hydroxylation is 1. The Balaban J connectivity index is 1.70. The minimum atomic E-state index is 0.0212. The summed E-state index contributed by atoms with van der Waals surface area (Å²) in [5, 5.41) is 7.16. The number of para-hydroxylation sites is 1. The molecule has 0 aromatic heterocycles. The minimum absolute atomic E-state index is 0.0212. The first-order chi connectivity index (χ1) is 11.6. The molecule has 2 heterocycles. The summed E-state index contributed by atoms with van der Waals surface area (Å²) in [4.78, 5) is 0. The highest BCUT2D eigenvalue weighted by molar-refractivity contribution is 6.02. The second-order valence-electron chi connectivity index (χ2n) is 7.25. The number of nitrogens with zero attached hydrogens (tertiary/aromatic N) is 2. The molecular formula is C21H24N2O. The van der Waals surface area contributed by atoms with Gasteiger partial charge in [0.25, 0.3) is 0 Å². The lowest BCUT2D eigenvalue weighted by molar-refractivity contribution is -0.0291. The van der Waals surface area contributed by atoms with Gasteiger partial charge in [-0.3, -0.25) is 5.01 Å². The lowest BCUT2D eigenvalue weighted by Gasteiger charge is -2.38. The van der Waals surface area contributed by atoms with Crippen molar-refractivity contribution in [2.24, 2.45) is 11.0 Å². The molecule has 0 fully saturated rings. The van der Waals surface area contributed by atoms with Crippen LogP contribution in [0.25, 0.3) is 0 Å². The number of hydrazone groups is 1. The van der Waals surface area contributed by atoms with Crippen molar-refractivity contribution in [3.05, 3.63) is 65.2 Å². The average Bonchev–Trinajstić information content (AvgIpc) is 3.01. The summed E-state index contributed by atoms with van der Waals surface area (Å²) in [5.41, 5.74) is 4.91. The van der Waals surface area contributed by atoms with Crippen molar-refractivity contribution in [1.29, 1.82) is 0 Å². The van der Waals surface area contributed by atoms with E-state index in [1.807, 2.05) is 0 Å². The van der Waals surface area contributed by atoms with Crippen LogP contribution in [0.4, 0.5) is 0 Å². The van der Waals surface area contributed by atoms with Crippen molar-refractivity contribution in [1.82, 2.24) is 5.01 Å². The Morgan fingerprint density at radius 1 is 1.12 bits per heavy atom. The Kier molecular flexibility index (Phi) is 3.79. The molecule has 2 aliphatic rings. The van der Waals surface area contributed by atoms with Crippen molar-refractivity contribution < 1.29 is 4.74 Å². The monoisotopic (exact) mass is 320 g/mol. The Bertz CT molecular complexity index is 764. The van der Waals surface area contributed by atoms with Gasteiger partial charge in [0.15, 0.2) is 6.23 Å². The zero-order chi connectivity index (χ0) is 16.7. The van der Waals surface area contributed by atoms with Crippen LogP contribution in [0, 0.1) is 12.8 Å². The molecule has 2 aliphatic heterocycles. The lowest BCUT2D eigenvalue weighted by Crippen LogP contribution is -2.41. The molecule has 2 unspecified atom stereocenters. The van der Waals surface area contributed by atoms with Crippen LogP contribution in [0.5, 0.6) is 5.75 Å². The number of hydrogen-bond donors (Lipinski definition) is 0. The Morgan fingerprint density at radius 2 is 1.88 bits per heavy atom. The van der Waals surface area contributed by atoms with Crippen molar-refractivity contribution in [3.63, 3.8) is 0 Å². The fraction of sp³-hybridized carbons (Fsp3) is 0.381.